The van der Waals surface area contributed by atoms with E-state index in [0.717, 1.165) is 0 Å². The molecule has 0 rings (SSSR count). The van der Waals surface area contributed by atoms with E-state index in [9.17, 15) is 9.59 Å². The van der Waals surface area contributed by atoms with Crippen LogP contribution in [0.5, 0.6) is 0 Å². The first-order valence-corrected chi connectivity index (χ1v) is 3.75. The number of carboxylic acid groups (broad SMARTS) is 1. The third-order valence-electron chi connectivity index (χ3n) is 1.37. The monoisotopic (exact) mass is 171 g/mol. The van der Waals surface area contributed by atoms with Gasteiger partial charge < -0.3 is 10.4 Å². The summed E-state index contributed by atoms with van der Waals surface area (Å²) in [4.78, 5) is 21.0. The smallest absolute Gasteiger partial charge is 0.305 e. The van der Waals surface area contributed by atoms with Crippen molar-refractivity contribution in [3.8, 4) is 0 Å². The topological polar surface area (TPSA) is 66.4 Å². The summed E-state index contributed by atoms with van der Waals surface area (Å²) in [6, 6.07) is 0. The van der Waals surface area contributed by atoms with Crippen molar-refractivity contribution in [2.45, 2.75) is 19.8 Å². The quantitative estimate of drug-likeness (QED) is 0.593. The third kappa shape index (κ3) is 4.49. The summed E-state index contributed by atoms with van der Waals surface area (Å²) in [5, 5.41) is 10.7. The minimum Gasteiger partial charge on any atom is -0.481 e. The van der Waals surface area contributed by atoms with Crippen molar-refractivity contribution in [2.75, 3.05) is 6.54 Å². The molecule has 0 aromatic carbocycles. The zero-order valence-corrected chi connectivity index (χ0v) is 7.09. The summed E-state index contributed by atoms with van der Waals surface area (Å²) < 4.78 is 0. The highest BCUT2D eigenvalue weighted by Gasteiger charge is 2.04. The van der Waals surface area contributed by atoms with Gasteiger partial charge in [-0.15, -0.1) is 0 Å². The molecule has 2 N–H and O–H groups in total. The summed E-state index contributed by atoms with van der Waals surface area (Å²) in [6.07, 6.45) is 0.529. The fourth-order valence-electron chi connectivity index (χ4n) is 0.569. The molecule has 4 heteroatoms. The van der Waals surface area contributed by atoms with Gasteiger partial charge >= 0.3 is 5.97 Å². The number of hydrogen-bond acceptors (Lipinski definition) is 2. The predicted molar refractivity (Wildman–Crippen MR) is 44.7 cm³/mol. The molecule has 1 amide bonds. The summed E-state index contributed by atoms with van der Waals surface area (Å²) in [5.41, 5.74) is 0.473. The number of aliphatic carboxylic acids is 1. The van der Waals surface area contributed by atoms with E-state index in [1.54, 1.807) is 0 Å². The molecular formula is C8H13NO3. The fourth-order valence-corrected chi connectivity index (χ4v) is 0.569. The molecule has 0 bridgehead atoms. The molecule has 4 nitrogen and oxygen atoms in total. The van der Waals surface area contributed by atoms with E-state index < -0.39 is 5.97 Å². The van der Waals surface area contributed by atoms with Crippen LogP contribution in [0.2, 0.25) is 0 Å². The second-order valence-corrected chi connectivity index (χ2v) is 2.36. The maximum absolute atomic E-state index is 11.0. The molecule has 0 heterocycles. The highest BCUT2D eigenvalue weighted by atomic mass is 16.4. The lowest BCUT2D eigenvalue weighted by atomic mass is 10.2. The lowest BCUT2D eigenvalue weighted by Crippen LogP contribution is -2.26. The van der Waals surface area contributed by atoms with Gasteiger partial charge in [0, 0.05) is 12.1 Å². The summed E-state index contributed by atoms with van der Waals surface area (Å²) in [6.45, 7) is 5.49. The molecule has 0 aliphatic heterocycles. The van der Waals surface area contributed by atoms with Crippen LogP contribution >= 0.6 is 0 Å². The normalized spacial score (nSPS) is 9.08. The van der Waals surface area contributed by atoms with Crippen LogP contribution in [0, 0.1) is 0 Å². The number of carboxylic acids is 1. The Balaban J connectivity index is 3.58. The van der Waals surface area contributed by atoms with Gasteiger partial charge in [0.15, 0.2) is 0 Å². The van der Waals surface area contributed by atoms with Crippen molar-refractivity contribution in [1.29, 1.82) is 0 Å². The molecule has 0 saturated heterocycles. The van der Waals surface area contributed by atoms with Crippen molar-refractivity contribution in [2.24, 2.45) is 0 Å². The van der Waals surface area contributed by atoms with Crippen LogP contribution in [0.25, 0.3) is 0 Å². The van der Waals surface area contributed by atoms with Crippen molar-refractivity contribution >= 4 is 11.9 Å². The van der Waals surface area contributed by atoms with Gasteiger partial charge in [-0.25, -0.2) is 0 Å². The Labute approximate surface area is 71.3 Å². The standard InChI is InChI=1S/C8H13NO3/c1-3-6(2)8(12)9-5-4-7(10)11/h2-5H2,1H3,(H,9,12)(H,10,11). The van der Waals surface area contributed by atoms with Crippen LogP contribution in [0.4, 0.5) is 0 Å². The van der Waals surface area contributed by atoms with Gasteiger partial charge in [0.2, 0.25) is 5.91 Å². The SMILES string of the molecule is C=C(CC)C(=O)NCCC(=O)O. The molecule has 0 aliphatic carbocycles. The molecule has 0 radical (unpaired) electrons. The number of carbonyl (C=O) groups is 2. The molecule has 0 atom stereocenters. The number of rotatable bonds is 5. The molecule has 12 heavy (non-hydrogen) atoms. The molecule has 68 valence electrons. The van der Waals surface area contributed by atoms with Crippen molar-refractivity contribution in [3.05, 3.63) is 12.2 Å². The maximum Gasteiger partial charge on any atom is 0.305 e. The average molecular weight is 171 g/mol. The van der Waals surface area contributed by atoms with Crippen molar-refractivity contribution in [1.82, 2.24) is 5.32 Å². The van der Waals surface area contributed by atoms with E-state index in [0.29, 0.717) is 12.0 Å². The lowest BCUT2D eigenvalue weighted by Gasteiger charge is -2.03. The van der Waals surface area contributed by atoms with Crippen LogP contribution in [0.15, 0.2) is 12.2 Å². The van der Waals surface area contributed by atoms with E-state index in [4.69, 9.17) is 5.11 Å². The van der Waals surface area contributed by atoms with E-state index >= 15 is 0 Å². The van der Waals surface area contributed by atoms with E-state index in [2.05, 4.69) is 11.9 Å². The highest BCUT2D eigenvalue weighted by molar-refractivity contribution is 5.92. The zero-order chi connectivity index (χ0) is 9.56. The number of nitrogens with one attached hydrogen (secondary N) is 1. The van der Waals surface area contributed by atoms with Gasteiger partial charge in [-0.3, -0.25) is 9.59 Å². The van der Waals surface area contributed by atoms with E-state index in [-0.39, 0.29) is 18.9 Å². The van der Waals surface area contributed by atoms with Crippen LogP contribution in [-0.2, 0) is 9.59 Å². The molecule has 0 saturated carbocycles. The minimum absolute atomic E-state index is 0.0528. The summed E-state index contributed by atoms with van der Waals surface area (Å²) >= 11 is 0. The lowest BCUT2D eigenvalue weighted by molar-refractivity contribution is -0.136. The van der Waals surface area contributed by atoms with Gasteiger partial charge in [0.25, 0.3) is 0 Å². The minimum atomic E-state index is -0.919. The second kappa shape index (κ2) is 5.35. The first-order valence-electron chi connectivity index (χ1n) is 3.75. The maximum atomic E-state index is 11.0. The Morgan fingerprint density at radius 1 is 1.50 bits per heavy atom. The first-order chi connectivity index (χ1) is 5.57. The van der Waals surface area contributed by atoms with Gasteiger partial charge in [-0.1, -0.05) is 13.5 Å². The molecule has 0 aromatic heterocycles. The molecular weight excluding hydrogens is 158 g/mol. The van der Waals surface area contributed by atoms with Gasteiger partial charge in [-0.2, -0.15) is 0 Å². The number of hydrogen-bond donors (Lipinski definition) is 2. The Morgan fingerprint density at radius 2 is 2.08 bits per heavy atom. The number of amides is 1. The van der Waals surface area contributed by atoms with Crippen molar-refractivity contribution in [3.63, 3.8) is 0 Å². The van der Waals surface area contributed by atoms with Crippen LogP contribution in [0.1, 0.15) is 19.8 Å². The Hall–Kier alpha value is -1.32. The van der Waals surface area contributed by atoms with Crippen LogP contribution in [0.3, 0.4) is 0 Å². The predicted octanol–water partition coefficient (Wildman–Crippen LogP) is 0.544. The van der Waals surface area contributed by atoms with E-state index in [1.165, 1.54) is 0 Å². The van der Waals surface area contributed by atoms with Gasteiger partial charge in [0.1, 0.15) is 0 Å². The number of carbonyl (C=O) groups excluding carboxylic acids is 1. The molecule has 0 aliphatic rings. The second-order valence-electron chi connectivity index (χ2n) is 2.36. The zero-order valence-electron chi connectivity index (χ0n) is 7.09. The summed E-state index contributed by atoms with van der Waals surface area (Å²) in [5.74, 6) is -1.18. The first kappa shape index (κ1) is 10.7. The fraction of sp³-hybridized carbons (Fsp3) is 0.500. The van der Waals surface area contributed by atoms with Gasteiger partial charge in [0.05, 0.1) is 6.42 Å². The van der Waals surface area contributed by atoms with E-state index in [1.807, 2.05) is 6.92 Å². The largest absolute Gasteiger partial charge is 0.481 e. The summed E-state index contributed by atoms with van der Waals surface area (Å²) in [7, 11) is 0. The molecule has 0 aromatic rings. The van der Waals surface area contributed by atoms with Crippen LogP contribution in [-0.4, -0.2) is 23.5 Å². The van der Waals surface area contributed by atoms with Crippen molar-refractivity contribution < 1.29 is 14.7 Å². The van der Waals surface area contributed by atoms with Gasteiger partial charge in [-0.05, 0) is 6.42 Å². The van der Waals surface area contributed by atoms with Crippen LogP contribution < -0.4 is 5.32 Å². The Kier molecular flexibility index (Phi) is 4.76. The molecule has 0 fully saturated rings. The molecule has 0 spiro atoms. The third-order valence-corrected chi connectivity index (χ3v) is 1.37. The Morgan fingerprint density at radius 3 is 2.50 bits per heavy atom. The Bertz CT molecular complexity index is 198. The average Bonchev–Trinajstić information content (AvgIpc) is 2.02. The highest BCUT2D eigenvalue weighted by Crippen LogP contribution is 1.94. The molecule has 0 unspecified atom stereocenters.